The molecule has 0 bridgehead atoms. The lowest BCUT2D eigenvalue weighted by Crippen LogP contribution is -2.14. The third kappa shape index (κ3) is 3.64. The molecular formula is C17H16BrNO2. The molecule has 3 rings (SSSR count). The van der Waals surface area contributed by atoms with E-state index in [9.17, 15) is 4.79 Å². The summed E-state index contributed by atoms with van der Waals surface area (Å²) >= 11 is 3.39. The molecule has 0 spiro atoms. The van der Waals surface area contributed by atoms with E-state index >= 15 is 0 Å². The van der Waals surface area contributed by atoms with E-state index in [1.165, 1.54) is 0 Å². The van der Waals surface area contributed by atoms with Gasteiger partial charge in [-0.2, -0.15) is 0 Å². The van der Waals surface area contributed by atoms with Crippen molar-refractivity contribution in [2.24, 2.45) is 11.8 Å². The molecule has 0 unspecified atom stereocenters. The zero-order chi connectivity index (χ0) is 14.8. The topological polar surface area (TPSA) is 38.3 Å². The lowest BCUT2D eigenvalue weighted by atomic mass is 10.2. The Morgan fingerprint density at radius 3 is 2.14 bits per heavy atom. The average Bonchev–Trinajstić information content (AvgIpc) is 3.21. The van der Waals surface area contributed by atoms with Crippen LogP contribution in [0.5, 0.6) is 11.5 Å². The minimum absolute atomic E-state index is 0.115. The summed E-state index contributed by atoms with van der Waals surface area (Å²) in [6, 6.07) is 15.1. The highest BCUT2D eigenvalue weighted by molar-refractivity contribution is 9.10. The SMILES string of the molecule is C[C@@H]1C[C@H]1C(=O)Nc1ccc(Oc2ccc(Br)cc2)cc1. The van der Waals surface area contributed by atoms with Gasteiger partial charge in [0.05, 0.1) is 0 Å². The molecule has 2 atom stereocenters. The molecule has 0 aliphatic heterocycles. The number of halogens is 1. The van der Waals surface area contributed by atoms with Crippen LogP contribution in [-0.2, 0) is 4.79 Å². The van der Waals surface area contributed by atoms with Crippen molar-refractivity contribution in [2.75, 3.05) is 5.32 Å². The van der Waals surface area contributed by atoms with Gasteiger partial charge in [0.15, 0.2) is 0 Å². The van der Waals surface area contributed by atoms with Gasteiger partial charge in [-0.15, -0.1) is 0 Å². The van der Waals surface area contributed by atoms with Crippen LogP contribution < -0.4 is 10.1 Å². The zero-order valence-electron chi connectivity index (χ0n) is 11.7. The Hall–Kier alpha value is -1.81. The standard InChI is InChI=1S/C17H16BrNO2/c1-11-10-16(11)17(20)19-13-4-8-15(9-5-13)21-14-6-2-12(18)3-7-14/h2-9,11,16H,10H2,1H3,(H,19,20)/t11-,16-/m1/s1. The third-order valence-corrected chi connectivity index (χ3v) is 4.15. The second-order valence-corrected chi connectivity index (χ2v) is 6.30. The fourth-order valence-corrected chi connectivity index (χ4v) is 2.43. The quantitative estimate of drug-likeness (QED) is 0.861. The van der Waals surface area contributed by atoms with Crippen LogP contribution in [0.4, 0.5) is 5.69 Å². The van der Waals surface area contributed by atoms with E-state index in [0.717, 1.165) is 28.1 Å². The lowest BCUT2D eigenvalue weighted by Gasteiger charge is -2.08. The number of benzene rings is 2. The van der Waals surface area contributed by atoms with E-state index in [0.29, 0.717) is 5.92 Å². The van der Waals surface area contributed by atoms with E-state index in [-0.39, 0.29) is 11.8 Å². The average molecular weight is 346 g/mol. The first kappa shape index (κ1) is 14.1. The zero-order valence-corrected chi connectivity index (χ0v) is 13.3. The molecule has 0 radical (unpaired) electrons. The Kier molecular flexibility index (Phi) is 3.97. The van der Waals surface area contributed by atoms with E-state index < -0.39 is 0 Å². The van der Waals surface area contributed by atoms with Gasteiger partial charge in [-0.3, -0.25) is 4.79 Å². The maximum Gasteiger partial charge on any atom is 0.227 e. The number of amides is 1. The predicted octanol–water partition coefficient (Wildman–Crippen LogP) is 4.84. The van der Waals surface area contributed by atoms with Crippen molar-refractivity contribution in [3.05, 3.63) is 53.0 Å². The first-order valence-corrected chi connectivity index (χ1v) is 7.75. The second-order valence-electron chi connectivity index (χ2n) is 5.39. The molecule has 0 saturated heterocycles. The highest BCUT2D eigenvalue weighted by Crippen LogP contribution is 2.38. The molecule has 4 heteroatoms. The Labute approximate surface area is 132 Å². The van der Waals surface area contributed by atoms with E-state index in [2.05, 4.69) is 28.2 Å². The summed E-state index contributed by atoms with van der Waals surface area (Å²) in [5, 5.41) is 2.93. The summed E-state index contributed by atoms with van der Waals surface area (Å²) in [6.07, 6.45) is 0.997. The highest BCUT2D eigenvalue weighted by Gasteiger charge is 2.38. The Morgan fingerprint density at radius 1 is 1.10 bits per heavy atom. The van der Waals surface area contributed by atoms with Gasteiger partial charge in [0, 0.05) is 16.1 Å². The van der Waals surface area contributed by atoms with Crippen LogP contribution in [0.2, 0.25) is 0 Å². The second kappa shape index (κ2) is 5.90. The van der Waals surface area contributed by atoms with Gasteiger partial charge in [-0.25, -0.2) is 0 Å². The molecule has 1 aliphatic rings. The summed E-state index contributed by atoms with van der Waals surface area (Å²) in [5.74, 6) is 2.34. The molecule has 1 saturated carbocycles. The van der Waals surface area contributed by atoms with Gasteiger partial charge in [0.1, 0.15) is 11.5 Å². The molecule has 0 aromatic heterocycles. The number of carbonyl (C=O) groups excluding carboxylic acids is 1. The predicted molar refractivity (Wildman–Crippen MR) is 86.6 cm³/mol. The summed E-state index contributed by atoms with van der Waals surface area (Å²) in [7, 11) is 0. The van der Waals surface area contributed by atoms with Crippen LogP contribution in [-0.4, -0.2) is 5.91 Å². The van der Waals surface area contributed by atoms with Crippen LogP contribution in [0, 0.1) is 11.8 Å². The van der Waals surface area contributed by atoms with Gasteiger partial charge >= 0.3 is 0 Å². The Bertz CT molecular complexity index is 637. The highest BCUT2D eigenvalue weighted by atomic mass is 79.9. The van der Waals surface area contributed by atoms with Gasteiger partial charge in [-0.05, 0) is 60.9 Å². The molecule has 1 amide bonds. The fourth-order valence-electron chi connectivity index (χ4n) is 2.17. The van der Waals surface area contributed by atoms with Gasteiger partial charge in [0.2, 0.25) is 5.91 Å². The minimum Gasteiger partial charge on any atom is -0.457 e. The van der Waals surface area contributed by atoms with Crippen molar-refractivity contribution in [3.63, 3.8) is 0 Å². The number of anilines is 1. The Balaban J connectivity index is 1.61. The van der Waals surface area contributed by atoms with Crippen molar-refractivity contribution < 1.29 is 9.53 Å². The summed E-state index contributed by atoms with van der Waals surface area (Å²) < 4.78 is 6.75. The first-order valence-electron chi connectivity index (χ1n) is 6.96. The lowest BCUT2D eigenvalue weighted by molar-refractivity contribution is -0.117. The maximum absolute atomic E-state index is 11.8. The van der Waals surface area contributed by atoms with Crippen molar-refractivity contribution in [1.29, 1.82) is 0 Å². The molecular weight excluding hydrogens is 330 g/mol. The fraction of sp³-hybridized carbons (Fsp3) is 0.235. The first-order chi connectivity index (χ1) is 10.1. The van der Waals surface area contributed by atoms with Crippen molar-refractivity contribution in [1.82, 2.24) is 0 Å². The number of ether oxygens (including phenoxy) is 1. The largest absolute Gasteiger partial charge is 0.457 e. The van der Waals surface area contributed by atoms with E-state index in [1.54, 1.807) is 0 Å². The molecule has 0 heterocycles. The summed E-state index contributed by atoms with van der Waals surface area (Å²) in [4.78, 5) is 11.8. The van der Waals surface area contributed by atoms with Crippen molar-refractivity contribution in [3.8, 4) is 11.5 Å². The smallest absolute Gasteiger partial charge is 0.227 e. The maximum atomic E-state index is 11.8. The molecule has 3 nitrogen and oxygen atoms in total. The molecule has 1 aliphatic carbocycles. The molecule has 2 aromatic rings. The van der Waals surface area contributed by atoms with E-state index in [1.807, 2.05) is 48.5 Å². The van der Waals surface area contributed by atoms with Gasteiger partial charge < -0.3 is 10.1 Å². The molecule has 1 fully saturated rings. The van der Waals surface area contributed by atoms with Crippen LogP contribution in [0.1, 0.15) is 13.3 Å². The van der Waals surface area contributed by atoms with Crippen molar-refractivity contribution in [2.45, 2.75) is 13.3 Å². The molecule has 21 heavy (non-hydrogen) atoms. The summed E-state index contributed by atoms with van der Waals surface area (Å²) in [5.41, 5.74) is 0.808. The van der Waals surface area contributed by atoms with Crippen LogP contribution in [0.25, 0.3) is 0 Å². The van der Waals surface area contributed by atoms with Gasteiger partial charge in [-0.1, -0.05) is 22.9 Å². The minimum atomic E-state index is 0.115. The molecule has 1 N–H and O–H groups in total. The number of hydrogen-bond acceptors (Lipinski definition) is 2. The number of nitrogens with one attached hydrogen (secondary N) is 1. The third-order valence-electron chi connectivity index (χ3n) is 3.62. The Morgan fingerprint density at radius 2 is 1.62 bits per heavy atom. The number of carbonyl (C=O) groups is 1. The molecule has 2 aromatic carbocycles. The molecule has 108 valence electrons. The number of hydrogen-bond donors (Lipinski definition) is 1. The summed E-state index contributed by atoms with van der Waals surface area (Å²) in [6.45, 7) is 2.10. The number of rotatable bonds is 4. The van der Waals surface area contributed by atoms with Crippen molar-refractivity contribution >= 4 is 27.5 Å². The van der Waals surface area contributed by atoms with Crippen LogP contribution in [0.15, 0.2) is 53.0 Å². The monoisotopic (exact) mass is 345 g/mol. The van der Waals surface area contributed by atoms with Crippen LogP contribution >= 0.6 is 15.9 Å². The van der Waals surface area contributed by atoms with Crippen LogP contribution in [0.3, 0.4) is 0 Å². The van der Waals surface area contributed by atoms with Gasteiger partial charge in [0.25, 0.3) is 0 Å². The normalized spacial score (nSPS) is 19.9. The van der Waals surface area contributed by atoms with E-state index in [4.69, 9.17) is 4.74 Å².